The number of hydrogen-bond donors (Lipinski definition) is 2. The van der Waals surface area contributed by atoms with E-state index in [1.54, 1.807) is 18.2 Å². The van der Waals surface area contributed by atoms with Crippen LogP contribution >= 0.6 is 15.9 Å². The van der Waals surface area contributed by atoms with Gasteiger partial charge in [0.2, 0.25) is 0 Å². The zero-order valence-electron chi connectivity index (χ0n) is 18.2. The van der Waals surface area contributed by atoms with E-state index in [0.29, 0.717) is 28.5 Å². The summed E-state index contributed by atoms with van der Waals surface area (Å²) in [6.07, 6.45) is 3.40. The highest BCUT2D eigenvalue weighted by Crippen LogP contribution is 2.37. The fourth-order valence-corrected chi connectivity index (χ4v) is 4.14. The standard InChI is InChI=1S/C28H18BrNO5/c29-20-8-6-18(7-9-20)26-13-11-22(35-26)14-19-15-24(17-4-2-1-3-5-17)30(27(19)32)21-10-12-25(31)23(16-21)28(33)34/h1-16,31H,(H,33,34). The average Bonchev–Trinajstić information content (AvgIpc) is 3.45. The van der Waals surface area contributed by atoms with E-state index < -0.39 is 5.97 Å². The second-order valence-electron chi connectivity index (χ2n) is 7.85. The van der Waals surface area contributed by atoms with Crippen molar-refractivity contribution in [3.05, 3.63) is 118 Å². The predicted molar refractivity (Wildman–Crippen MR) is 137 cm³/mol. The molecule has 1 aromatic heterocycles. The number of carboxylic acid groups (broad SMARTS) is 1. The first-order valence-electron chi connectivity index (χ1n) is 10.7. The number of anilines is 1. The summed E-state index contributed by atoms with van der Waals surface area (Å²) < 4.78 is 6.93. The lowest BCUT2D eigenvalue weighted by Crippen LogP contribution is -2.25. The van der Waals surface area contributed by atoms with Crippen LogP contribution in [-0.2, 0) is 4.79 Å². The van der Waals surface area contributed by atoms with Gasteiger partial charge >= 0.3 is 5.97 Å². The summed E-state index contributed by atoms with van der Waals surface area (Å²) in [4.78, 5) is 26.5. The van der Waals surface area contributed by atoms with Gasteiger partial charge in [0.25, 0.3) is 5.91 Å². The van der Waals surface area contributed by atoms with Crippen LogP contribution in [-0.4, -0.2) is 22.1 Å². The predicted octanol–water partition coefficient (Wildman–Crippen LogP) is 6.58. The van der Waals surface area contributed by atoms with E-state index in [4.69, 9.17) is 4.42 Å². The van der Waals surface area contributed by atoms with Crippen LogP contribution in [0.25, 0.3) is 23.1 Å². The topological polar surface area (TPSA) is 91.0 Å². The van der Waals surface area contributed by atoms with Crippen LogP contribution in [0.15, 0.2) is 105 Å². The number of aromatic carboxylic acids is 1. The van der Waals surface area contributed by atoms with Crippen LogP contribution in [0.3, 0.4) is 0 Å². The van der Waals surface area contributed by atoms with Gasteiger partial charge in [0.05, 0.1) is 11.4 Å². The number of furan rings is 1. The summed E-state index contributed by atoms with van der Waals surface area (Å²) in [5.74, 6) is -0.817. The van der Waals surface area contributed by atoms with Crippen molar-refractivity contribution >= 4 is 45.3 Å². The Bertz CT molecular complexity index is 1500. The van der Waals surface area contributed by atoms with Gasteiger partial charge in [-0.05, 0) is 60.2 Å². The van der Waals surface area contributed by atoms with Gasteiger partial charge < -0.3 is 14.6 Å². The van der Waals surface area contributed by atoms with E-state index in [9.17, 15) is 19.8 Å². The first kappa shape index (κ1) is 22.4. The number of carbonyl (C=O) groups is 2. The molecule has 0 radical (unpaired) electrons. The number of amides is 1. The van der Waals surface area contributed by atoms with Crippen LogP contribution in [0.4, 0.5) is 5.69 Å². The Balaban J connectivity index is 1.56. The molecule has 0 bridgehead atoms. The van der Waals surface area contributed by atoms with Crippen molar-refractivity contribution in [1.82, 2.24) is 0 Å². The molecule has 2 heterocycles. The van der Waals surface area contributed by atoms with E-state index in [2.05, 4.69) is 15.9 Å². The molecule has 0 unspecified atom stereocenters. The molecule has 1 aliphatic heterocycles. The van der Waals surface area contributed by atoms with E-state index in [1.807, 2.05) is 60.7 Å². The third-order valence-electron chi connectivity index (χ3n) is 5.57. The minimum Gasteiger partial charge on any atom is -0.507 e. The van der Waals surface area contributed by atoms with E-state index in [-0.39, 0.29) is 17.2 Å². The maximum atomic E-state index is 13.5. The summed E-state index contributed by atoms with van der Waals surface area (Å²) in [5, 5.41) is 19.4. The normalized spacial score (nSPS) is 14.4. The van der Waals surface area contributed by atoms with Crippen LogP contribution in [0.5, 0.6) is 5.75 Å². The molecule has 5 rings (SSSR count). The molecule has 7 heteroatoms. The molecule has 0 atom stereocenters. The number of phenols is 1. The summed E-state index contributed by atoms with van der Waals surface area (Å²) in [6.45, 7) is 0. The molecule has 172 valence electrons. The Morgan fingerprint density at radius 2 is 1.66 bits per heavy atom. The van der Waals surface area contributed by atoms with Crippen molar-refractivity contribution < 1.29 is 24.2 Å². The fraction of sp³-hybridized carbons (Fsp3) is 0. The highest BCUT2D eigenvalue weighted by Gasteiger charge is 2.31. The van der Waals surface area contributed by atoms with Gasteiger partial charge in [-0.1, -0.05) is 58.4 Å². The number of nitrogens with zero attached hydrogens (tertiary/aromatic N) is 1. The van der Waals surface area contributed by atoms with Gasteiger partial charge in [-0.15, -0.1) is 0 Å². The Morgan fingerprint density at radius 3 is 2.37 bits per heavy atom. The molecule has 1 aliphatic rings. The number of aromatic hydroxyl groups is 1. The first-order valence-corrected chi connectivity index (χ1v) is 11.5. The van der Waals surface area contributed by atoms with Gasteiger partial charge in [0.1, 0.15) is 22.8 Å². The molecule has 3 aromatic carbocycles. The molecular formula is C28H18BrNO5. The molecule has 6 nitrogen and oxygen atoms in total. The summed E-state index contributed by atoms with van der Waals surface area (Å²) in [7, 11) is 0. The lowest BCUT2D eigenvalue weighted by molar-refractivity contribution is -0.113. The maximum Gasteiger partial charge on any atom is 0.339 e. The fourth-order valence-electron chi connectivity index (χ4n) is 3.88. The van der Waals surface area contributed by atoms with Crippen LogP contribution in [0, 0.1) is 0 Å². The number of carbonyl (C=O) groups excluding carboxylic acids is 1. The van der Waals surface area contributed by atoms with Crippen LogP contribution in [0.1, 0.15) is 21.7 Å². The van der Waals surface area contributed by atoms with Gasteiger partial charge in [0.15, 0.2) is 0 Å². The maximum absolute atomic E-state index is 13.5. The second-order valence-corrected chi connectivity index (χ2v) is 8.77. The minimum absolute atomic E-state index is 0.287. The van der Waals surface area contributed by atoms with Gasteiger partial charge in [-0.25, -0.2) is 4.79 Å². The smallest absolute Gasteiger partial charge is 0.339 e. The molecule has 4 aromatic rings. The molecule has 0 fully saturated rings. The summed E-state index contributed by atoms with van der Waals surface area (Å²) in [5.41, 5.74) is 2.70. The summed E-state index contributed by atoms with van der Waals surface area (Å²) >= 11 is 3.42. The Morgan fingerprint density at radius 1 is 0.914 bits per heavy atom. The Labute approximate surface area is 209 Å². The van der Waals surface area contributed by atoms with E-state index in [0.717, 1.165) is 15.6 Å². The first-order chi connectivity index (χ1) is 16.9. The van der Waals surface area contributed by atoms with Crippen molar-refractivity contribution in [2.45, 2.75) is 0 Å². The molecule has 2 N–H and O–H groups in total. The zero-order valence-corrected chi connectivity index (χ0v) is 19.8. The molecule has 0 saturated heterocycles. The van der Waals surface area contributed by atoms with Crippen molar-refractivity contribution in [3.8, 4) is 17.1 Å². The van der Waals surface area contributed by atoms with Gasteiger partial charge in [-0.2, -0.15) is 0 Å². The largest absolute Gasteiger partial charge is 0.507 e. The number of hydrogen-bond acceptors (Lipinski definition) is 4. The molecule has 0 spiro atoms. The molecule has 1 amide bonds. The number of benzene rings is 3. The van der Waals surface area contributed by atoms with Gasteiger partial charge in [0, 0.05) is 15.6 Å². The van der Waals surface area contributed by atoms with E-state index in [1.165, 1.54) is 23.1 Å². The zero-order chi connectivity index (χ0) is 24.5. The van der Waals surface area contributed by atoms with Crippen LogP contribution in [0.2, 0.25) is 0 Å². The quantitative estimate of drug-likeness (QED) is 0.286. The molecule has 0 aliphatic carbocycles. The monoisotopic (exact) mass is 527 g/mol. The van der Waals surface area contributed by atoms with Crippen molar-refractivity contribution in [1.29, 1.82) is 0 Å². The van der Waals surface area contributed by atoms with Crippen LogP contribution < -0.4 is 4.90 Å². The highest BCUT2D eigenvalue weighted by molar-refractivity contribution is 9.10. The van der Waals surface area contributed by atoms with Crippen molar-refractivity contribution in [2.24, 2.45) is 0 Å². The van der Waals surface area contributed by atoms with Crippen molar-refractivity contribution in [3.63, 3.8) is 0 Å². The second kappa shape index (κ2) is 9.12. The minimum atomic E-state index is -1.28. The highest BCUT2D eigenvalue weighted by atomic mass is 79.9. The van der Waals surface area contributed by atoms with E-state index >= 15 is 0 Å². The molecule has 0 saturated carbocycles. The Kier molecular flexibility index (Phi) is 5.84. The molecular weight excluding hydrogens is 510 g/mol. The van der Waals surface area contributed by atoms with Gasteiger partial charge in [-0.3, -0.25) is 9.69 Å². The number of carboxylic acids is 1. The lowest BCUT2D eigenvalue weighted by atomic mass is 10.1. The number of halogens is 1. The Hall–Kier alpha value is -4.36. The third-order valence-corrected chi connectivity index (χ3v) is 6.10. The average molecular weight is 528 g/mol. The molecule has 35 heavy (non-hydrogen) atoms. The third kappa shape index (κ3) is 4.41. The SMILES string of the molecule is O=C(O)c1cc(N2C(=O)C(=Cc3ccc(-c4ccc(Br)cc4)o3)C=C2c2ccccc2)ccc1O. The number of rotatable bonds is 5. The van der Waals surface area contributed by atoms with Crippen molar-refractivity contribution in [2.75, 3.05) is 4.90 Å². The lowest BCUT2D eigenvalue weighted by Gasteiger charge is -2.21. The summed E-state index contributed by atoms with van der Waals surface area (Å²) in [6, 6.07) is 24.7.